The highest BCUT2D eigenvalue weighted by Crippen LogP contribution is 2.29. The van der Waals surface area contributed by atoms with Crippen molar-refractivity contribution in [1.82, 2.24) is 20.4 Å². The van der Waals surface area contributed by atoms with Gasteiger partial charge < -0.3 is 14.3 Å². The minimum Gasteiger partial charge on any atom is -0.441 e. The van der Waals surface area contributed by atoms with Gasteiger partial charge in [-0.2, -0.15) is 18.2 Å². The Morgan fingerprint density at radius 3 is 2.56 bits per heavy atom. The molecule has 0 unspecified atom stereocenters. The van der Waals surface area contributed by atoms with Crippen molar-refractivity contribution < 1.29 is 31.3 Å². The number of carbonyl (C=O) groups excluding carboxylic acids is 1. The lowest BCUT2D eigenvalue weighted by atomic mass is 10.1. The second kappa shape index (κ2) is 8.61. The predicted molar refractivity (Wildman–Crippen MR) is 103 cm³/mol. The monoisotopic (exact) mass is 446 g/mol. The van der Waals surface area contributed by atoms with E-state index in [-0.39, 0.29) is 29.3 Å². The lowest BCUT2D eigenvalue weighted by molar-refractivity contribution is -0.159. The molecule has 2 heterocycles. The van der Waals surface area contributed by atoms with Gasteiger partial charge in [-0.3, -0.25) is 4.79 Å². The maximum atomic E-state index is 13.0. The third-order valence-electron chi connectivity index (χ3n) is 4.35. The van der Waals surface area contributed by atoms with Crippen LogP contribution >= 0.6 is 0 Å². The summed E-state index contributed by atoms with van der Waals surface area (Å²) in [4.78, 5) is 19.8. The fraction of sp³-hybridized carbons (Fsp3) is 0.143. The number of alkyl halides is 3. The van der Waals surface area contributed by atoms with Gasteiger partial charge in [0.25, 0.3) is 5.91 Å². The van der Waals surface area contributed by atoms with E-state index in [1.807, 2.05) is 0 Å². The Bertz CT molecular complexity index is 1230. The first-order chi connectivity index (χ1) is 15.3. The first-order valence-electron chi connectivity index (χ1n) is 9.30. The van der Waals surface area contributed by atoms with Crippen LogP contribution in [0, 0.1) is 5.82 Å². The molecule has 1 amide bonds. The van der Waals surface area contributed by atoms with Gasteiger partial charge in [0.15, 0.2) is 0 Å². The van der Waals surface area contributed by atoms with Gasteiger partial charge in [-0.15, -0.1) is 0 Å². The molecule has 0 saturated heterocycles. The molecule has 0 aliphatic rings. The first kappa shape index (κ1) is 21.2. The Hall–Kier alpha value is -4.02. The van der Waals surface area contributed by atoms with E-state index in [2.05, 4.69) is 25.0 Å². The third-order valence-corrected chi connectivity index (χ3v) is 4.35. The SMILES string of the molecule is O=C(NCCc1cnc(-c2ccc(F)cc2)o1)c1cccc(-c2noc(C(F)(F)F)n2)c1. The molecule has 1 N–H and O–H groups in total. The van der Waals surface area contributed by atoms with E-state index in [0.717, 1.165) is 0 Å². The van der Waals surface area contributed by atoms with Crippen molar-refractivity contribution in [3.63, 3.8) is 0 Å². The number of amides is 1. The summed E-state index contributed by atoms with van der Waals surface area (Å²) in [5.41, 5.74) is 1.04. The van der Waals surface area contributed by atoms with Gasteiger partial charge in [-0.25, -0.2) is 9.37 Å². The topological polar surface area (TPSA) is 94.1 Å². The zero-order chi connectivity index (χ0) is 22.7. The van der Waals surface area contributed by atoms with Crippen LogP contribution in [0.5, 0.6) is 0 Å². The quantitative estimate of drug-likeness (QED) is 0.438. The molecule has 7 nitrogen and oxygen atoms in total. The molecular weight excluding hydrogens is 432 g/mol. The summed E-state index contributed by atoms with van der Waals surface area (Å²) in [6.45, 7) is 0.224. The zero-order valence-corrected chi connectivity index (χ0v) is 16.2. The highest BCUT2D eigenvalue weighted by Gasteiger charge is 2.38. The Morgan fingerprint density at radius 2 is 1.84 bits per heavy atom. The van der Waals surface area contributed by atoms with Gasteiger partial charge in [0.1, 0.15) is 11.6 Å². The van der Waals surface area contributed by atoms with E-state index < -0.39 is 18.0 Å². The molecule has 32 heavy (non-hydrogen) atoms. The molecule has 2 aromatic carbocycles. The third kappa shape index (κ3) is 4.82. The van der Waals surface area contributed by atoms with E-state index in [4.69, 9.17) is 4.42 Å². The summed E-state index contributed by atoms with van der Waals surface area (Å²) < 4.78 is 60.7. The number of benzene rings is 2. The van der Waals surface area contributed by atoms with E-state index >= 15 is 0 Å². The fourth-order valence-electron chi connectivity index (χ4n) is 2.81. The fourth-order valence-corrected chi connectivity index (χ4v) is 2.81. The number of halogens is 4. The Labute approximate surface area is 178 Å². The van der Waals surface area contributed by atoms with Gasteiger partial charge in [-0.1, -0.05) is 17.3 Å². The molecule has 2 aromatic heterocycles. The van der Waals surface area contributed by atoms with Crippen LogP contribution in [0.1, 0.15) is 22.0 Å². The molecule has 11 heteroatoms. The van der Waals surface area contributed by atoms with Crippen LogP contribution < -0.4 is 5.32 Å². The predicted octanol–water partition coefficient (Wildman–Crippen LogP) is 4.52. The lowest BCUT2D eigenvalue weighted by Gasteiger charge is -2.05. The van der Waals surface area contributed by atoms with Crippen molar-refractivity contribution >= 4 is 5.91 Å². The summed E-state index contributed by atoms with van der Waals surface area (Å²) in [6, 6.07) is 11.5. The van der Waals surface area contributed by atoms with E-state index in [1.165, 1.54) is 42.6 Å². The van der Waals surface area contributed by atoms with Gasteiger partial charge in [-0.05, 0) is 36.4 Å². The molecule has 4 rings (SSSR count). The van der Waals surface area contributed by atoms with Gasteiger partial charge >= 0.3 is 12.1 Å². The molecule has 0 saturated carbocycles. The molecule has 164 valence electrons. The molecule has 0 aliphatic carbocycles. The lowest BCUT2D eigenvalue weighted by Crippen LogP contribution is -2.25. The average Bonchev–Trinajstić information content (AvgIpc) is 3.44. The second-order valence-corrected chi connectivity index (χ2v) is 6.65. The largest absolute Gasteiger partial charge is 0.471 e. The minimum absolute atomic E-state index is 0.205. The molecule has 0 atom stereocenters. The number of nitrogens with one attached hydrogen (secondary N) is 1. The molecule has 0 spiro atoms. The Balaban J connectivity index is 1.36. The van der Waals surface area contributed by atoms with E-state index in [1.54, 1.807) is 12.1 Å². The number of hydrogen-bond donors (Lipinski definition) is 1. The molecule has 0 radical (unpaired) electrons. The normalized spacial score (nSPS) is 11.5. The molecular formula is C21H14F4N4O3. The van der Waals surface area contributed by atoms with Gasteiger partial charge in [0.2, 0.25) is 11.7 Å². The van der Waals surface area contributed by atoms with Crippen LogP contribution in [0.25, 0.3) is 22.8 Å². The number of hydrogen-bond acceptors (Lipinski definition) is 6. The number of aromatic nitrogens is 3. The molecule has 0 fully saturated rings. The zero-order valence-electron chi connectivity index (χ0n) is 16.2. The van der Waals surface area contributed by atoms with Crippen molar-refractivity contribution in [3.05, 3.63) is 77.8 Å². The maximum absolute atomic E-state index is 13.0. The highest BCUT2D eigenvalue weighted by molar-refractivity contribution is 5.95. The number of nitrogens with zero attached hydrogens (tertiary/aromatic N) is 3. The highest BCUT2D eigenvalue weighted by atomic mass is 19.4. The molecule has 0 aliphatic heterocycles. The average molecular weight is 446 g/mol. The Kier molecular flexibility index (Phi) is 5.71. The van der Waals surface area contributed by atoms with Crippen molar-refractivity contribution in [2.24, 2.45) is 0 Å². The Morgan fingerprint density at radius 1 is 1.06 bits per heavy atom. The van der Waals surface area contributed by atoms with Crippen LogP contribution in [0.3, 0.4) is 0 Å². The van der Waals surface area contributed by atoms with Crippen LogP contribution in [-0.2, 0) is 12.6 Å². The van der Waals surface area contributed by atoms with E-state index in [9.17, 15) is 22.4 Å². The standard InChI is InChI=1S/C21H14F4N4O3/c22-15-6-4-12(5-7-15)19-27-11-16(31-19)8-9-26-18(30)14-3-1-2-13(10-14)17-28-20(32-29-17)21(23,24)25/h1-7,10-11H,8-9H2,(H,26,30). The first-order valence-corrected chi connectivity index (χ1v) is 9.30. The summed E-state index contributed by atoms with van der Waals surface area (Å²) in [6.07, 6.45) is -2.89. The minimum atomic E-state index is -4.75. The summed E-state index contributed by atoms with van der Waals surface area (Å²) >= 11 is 0. The van der Waals surface area contributed by atoms with Gasteiger partial charge in [0.05, 0.1) is 6.20 Å². The summed E-state index contributed by atoms with van der Waals surface area (Å²) in [5, 5.41) is 6.00. The summed E-state index contributed by atoms with van der Waals surface area (Å²) in [7, 11) is 0. The smallest absolute Gasteiger partial charge is 0.441 e. The second-order valence-electron chi connectivity index (χ2n) is 6.65. The molecule has 4 aromatic rings. The number of carbonyl (C=O) groups is 1. The van der Waals surface area contributed by atoms with Crippen molar-refractivity contribution in [2.45, 2.75) is 12.6 Å². The molecule has 0 bridgehead atoms. The number of rotatable bonds is 6. The van der Waals surface area contributed by atoms with Crippen LogP contribution in [0.15, 0.2) is 63.7 Å². The van der Waals surface area contributed by atoms with Crippen molar-refractivity contribution in [2.75, 3.05) is 6.54 Å². The van der Waals surface area contributed by atoms with Crippen LogP contribution in [-0.4, -0.2) is 27.6 Å². The van der Waals surface area contributed by atoms with Crippen molar-refractivity contribution in [1.29, 1.82) is 0 Å². The van der Waals surface area contributed by atoms with E-state index in [0.29, 0.717) is 23.6 Å². The van der Waals surface area contributed by atoms with Crippen LogP contribution in [0.2, 0.25) is 0 Å². The van der Waals surface area contributed by atoms with Gasteiger partial charge in [0, 0.05) is 29.7 Å². The summed E-state index contributed by atoms with van der Waals surface area (Å²) in [5.74, 6) is -1.70. The maximum Gasteiger partial charge on any atom is 0.471 e. The van der Waals surface area contributed by atoms with Crippen molar-refractivity contribution in [3.8, 4) is 22.8 Å². The number of oxazole rings is 1. The van der Waals surface area contributed by atoms with Crippen LogP contribution in [0.4, 0.5) is 17.6 Å².